The molecule has 0 fully saturated rings. The molecule has 1 aromatic heterocycles. The van der Waals surface area contributed by atoms with Crippen molar-refractivity contribution < 1.29 is 17.9 Å². The van der Waals surface area contributed by atoms with Gasteiger partial charge >= 0.3 is 0 Å². The molecule has 0 atom stereocenters. The zero-order valence-electron chi connectivity index (χ0n) is 19.1. The van der Waals surface area contributed by atoms with E-state index in [9.17, 15) is 13.2 Å². The third-order valence-corrected chi connectivity index (χ3v) is 7.43. The molecule has 0 saturated heterocycles. The molecule has 174 valence electrons. The molecule has 3 aromatic rings. The highest BCUT2D eigenvalue weighted by Crippen LogP contribution is 2.22. The van der Waals surface area contributed by atoms with E-state index in [1.165, 1.54) is 10.4 Å². The summed E-state index contributed by atoms with van der Waals surface area (Å²) >= 11 is 0. The summed E-state index contributed by atoms with van der Waals surface area (Å²) in [5, 5.41) is 2.86. The molecule has 3 rings (SSSR count). The molecule has 0 aliphatic carbocycles. The number of nitrogens with one attached hydrogen (secondary N) is 1. The maximum Gasteiger partial charge on any atom is 0.251 e. The number of hydrogen-bond acceptors (Lipinski definition) is 5. The van der Waals surface area contributed by atoms with Gasteiger partial charge < -0.3 is 10.1 Å². The standard InChI is InChI=1S/C25H29N3O4S/c1-4-28(5-2)33(30,31)24-16-21(13-12-19(24)3)25(29)27-17-20-9-8-11-23(15-20)32-18-22-10-6-7-14-26-22/h6-16H,4-5,17-18H2,1-3H3,(H,27,29). The predicted octanol–water partition coefficient (Wildman–Crippen LogP) is 3.93. The third-order valence-electron chi connectivity index (χ3n) is 5.24. The molecular weight excluding hydrogens is 438 g/mol. The second-order valence-corrected chi connectivity index (χ2v) is 9.42. The van der Waals surface area contributed by atoms with E-state index in [2.05, 4.69) is 10.3 Å². The zero-order chi connectivity index (χ0) is 23.8. The van der Waals surface area contributed by atoms with Crippen LogP contribution in [-0.4, -0.2) is 36.7 Å². The summed E-state index contributed by atoms with van der Waals surface area (Å²) in [5.74, 6) is 0.334. The fourth-order valence-electron chi connectivity index (χ4n) is 3.39. The lowest BCUT2D eigenvalue weighted by atomic mass is 10.1. The highest BCUT2D eigenvalue weighted by Gasteiger charge is 2.24. The molecule has 8 heteroatoms. The number of rotatable bonds is 10. The lowest BCUT2D eigenvalue weighted by Crippen LogP contribution is -2.31. The molecule has 33 heavy (non-hydrogen) atoms. The molecule has 1 N–H and O–H groups in total. The molecule has 0 aliphatic heterocycles. The first-order valence-electron chi connectivity index (χ1n) is 10.9. The minimum atomic E-state index is -3.66. The van der Waals surface area contributed by atoms with Gasteiger partial charge in [-0.3, -0.25) is 9.78 Å². The lowest BCUT2D eigenvalue weighted by Gasteiger charge is -2.20. The molecule has 0 saturated carbocycles. The van der Waals surface area contributed by atoms with Crippen LogP contribution in [0.1, 0.15) is 41.0 Å². The van der Waals surface area contributed by atoms with Crippen molar-refractivity contribution in [3.05, 3.63) is 89.2 Å². The van der Waals surface area contributed by atoms with Gasteiger partial charge in [0.2, 0.25) is 10.0 Å². The van der Waals surface area contributed by atoms with Crippen LogP contribution in [0.5, 0.6) is 5.75 Å². The average molecular weight is 468 g/mol. The molecule has 0 unspecified atom stereocenters. The van der Waals surface area contributed by atoms with Crippen molar-refractivity contribution in [2.24, 2.45) is 0 Å². The van der Waals surface area contributed by atoms with E-state index < -0.39 is 10.0 Å². The predicted molar refractivity (Wildman–Crippen MR) is 127 cm³/mol. The number of amides is 1. The van der Waals surface area contributed by atoms with E-state index in [1.807, 2.05) is 42.5 Å². The maximum absolute atomic E-state index is 12.9. The summed E-state index contributed by atoms with van der Waals surface area (Å²) in [4.78, 5) is 17.1. The lowest BCUT2D eigenvalue weighted by molar-refractivity contribution is 0.0950. The van der Waals surface area contributed by atoms with Crippen molar-refractivity contribution in [1.29, 1.82) is 0 Å². The number of carbonyl (C=O) groups is 1. The van der Waals surface area contributed by atoms with Crippen molar-refractivity contribution in [2.75, 3.05) is 13.1 Å². The number of pyridine rings is 1. The summed E-state index contributed by atoms with van der Waals surface area (Å²) in [7, 11) is -3.66. The Morgan fingerprint density at radius 3 is 2.52 bits per heavy atom. The Labute approximate surface area is 195 Å². The number of ether oxygens (including phenoxy) is 1. The second-order valence-electron chi connectivity index (χ2n) is 7.51. The minimum Gasteiger partial charge on any atom is -0.487 e. The topological polar surface area (TPSA) is 88.6 Å². The Morgan fingerprint density at radius 2 is 1.82 bits per heavy atom. The van der Waals surface area contributed by atoms with Gasteiger partial charge in [0.05, 0.1) is 10.6 Å². The summed E-state index contributed by atoms with van der Waals surface area (Å²) in [6, 6.07) is 17.8. The van der Waals surface area contributed by atoms with E-state index >= 15 is 0 Å². The van der Waals surface area contributed by atoms with Crippen molar-refractivity contribution in [2.45, 2.75) is 38.8 Å². The molecule has 0 bridgehead atoms. The van der Waals surface area contributed by atoms with Crippen molar-refractivity contribution >= 4 is 15.9 Å². The van der Waals surface area contributed by atoms with Crippen LogP contribution in [0.15, 0.2) is 71.8 Å². The van der Waals surface area contributed by atoms with Crippen LogP contribution in [0.3, 0.4) is 0 Å². The highest BCUT2D eigenvalue weighted by molar-refractivity contribution is 7.89. The molecule has 1 amide bonds. The van der Waals surface area contributed by atoms with Gasteiger partial charge in [-0.15, -0.1) is 0 Å². The summed E-state index contributed by atoms with van der Waals surface area (Å²) in [6.07, 6.45) is 1.72. The second kappa shape index (κ2) is 11.1. The van der Waals surface area contributed by atoms with E-state index in [0.29, 0.717) is 36.6 Å². The molecule has 1 heterocycles. The Kier molecular flexibility index (Phi) is 8.19. The van der Waals surface area contributed by atoms with Gasteiger partial charge in [0, 0.05) is 31.4 Å². The number of aromatic nitrogens is 1. The SMILES string of the molecule is CCN(CC)S(=O)(=O)c1cc(C(=O)NCc2cccc(OCc3ccccn3)c2)ccc1C. The monoisotopic (exact) mass is 467 g/mol. The fourth-order valence-corrected chi connectivity index (χ4v) is 5.10. The van der Waals surface area contributed by atoms with Gasteiger partial charge in [-0.1, -0.05) is 38.1 Å². The van der Waals surface area contributed by atoms with Crippen LogP contribution in [-0.2, 0) is 23.2 Å². The Balaban J connectivity index is 1.68. The van der Waals surface area contributed by atoms with Crippen LogP contribution in [0.4, 0.5) is 0 Å². The first-order valence-corrected chi connectivity index (χ1v) is 12.3. The molecular formula is C25H29N3O4S. The van der Waals surface area contributed by atoms with Crippen LogP contribution >= 0.6 is 0 Å². The number of benzene rings is 2. The van der Waals surface area contributed by atoms with Gasteiger partial charge in [0.1, 0.15) is 12.4 Å². The summed E-state index contributed by atoms with van der Waals surface area (Å²) in [6.45, 7) is 6.69. The minimum absolute atomic E-state index is 0.156. The van der Waals surface area contributed by atoms with Gasteiger partial charge in [0.25, 0.3) is 5.91 Å². The normalized spacial score (nSPS) is 11.4. The Hall–Kier alpha value is -3.23. The maximum atomic E-state index is 12.9. The molecule has 0 spiro atoms. The van der Waals surface area contributed by atoms with Gasteiger partial charge in [0.15, 0.2) is 0 Å². The van der Waals surface area contributed by atoms with Crippen molar-refractivity contribution in [3.63, 3.8) is 0 Å². The molecule has 2 aromatic carbocycles. The third kappa shape index (κ3) is 6.18. The number of hydrogen-bond donors (Lipinski definition) is 1. The fraction of sp³-hybridized carbons (Fsp3) is 0.280. The molecule has 0 aliphatic rings. The van der Waals surface area contributed by atoms with Crippen molar-refractivity contribution in [3.8, 4) is 5.75 Å². The number of carbonyl (C=O) groups excluding carboxylic acids is 1. The number of nitrogens with zero attached hydrogens (tertiary/aromatic N) is 2. The van der Waals surface area contributed by atoms with E-state index in [1.54, 1.807) is 39.1 Å². The first-order chi connectivity index (χ1) is 15.8. The smallest absolute Gasteiger partial charge is 0.251 e. The van der Waals surface area contributed by atoms with Crippen LogP contribution in [0.25, 0.3) is 0 Å². The van der Waals surface area contributed by atoms with E-state index in [4.69, 9.17) is 4.74 Å². The largest absolute Gasteiger partial charge is 0.487 e. The number of sulfonamides is 1. The Bertz CT molecular complexity index is 1190. The van der Waals surface area contributed by atoms with E-state index in [-0.39, 0.29) is 17.3 Å². The first kappa shape index (κ1) is 24.4. The quantitative estimate of drug-likeness (QED) is 0.488. The van der Waals surface area contributed by atoms with Crippen LogP contribution in [0.2, 0.25) is 0 Å². The Morgan fingerprint density at radius 1 is 1.03 bits per heavy atom. The molecule has 7 nitrogen and oxygen atoms in total. The summed E-state index contributed by atoms with van der Waals surface area (Å²) in [5.41, 5.74) is 2.60. The highest BCUT2D eigenvalue weighted by atomic mass is 32.2. The van der Waals surface area contributed by atoms with Crippen LogP contribution < -0.4 is 10.1 Å². The average Bonchev–Trinajstić information content (AvgIpc) is 2.83. The van der Waals surface area contributed by atoms with Crippen LogP contribution in [0, 0.1) is 6.92 Å². The van der Waals surface area contributed by atoms with Gasteiger partial charge in [-0.05, 0) is 54.4 Å². The summed E-state index contributed by atoms with van der Waals surface area (Å²) < 4.78 is 33.1. The zero-order valence-corrected chi connectivity index (χ0v) is 19.9. The van der Waals surface area contributed by atoms with Gasteiger partial charge in [-0.25, -0.2) is 8.42 Å². The van der Waals surface area contributed by atoms with E-state index in [0.717, 1.165) is 11.3 Å². The van der Waals surface area contributed by atoms with Crippen molar-refractivity contribution in [1.82, 2.24) is 14.6 Å². The van der Waals surface area contributed by atoms with Gasteiger partial charge in [-0.2, -0.15) is 4.31 Å². The number of aryl methyl sites for hydroxylation is 1. The molecule has 0 radical (unpaired) electrons.